The molecule has 0 saturated carbocycles. The van der Waals surface area contributed by atoms with Gasteiger partial charge in [-0.15, -0.1) is 0 Å². The molecule has 2 aromatic carbocycles. The van der Waals surface area contributed by atoms with E-state index in [0.717, 1.165) is 10.9 Å². The average molecular weight is 433 g/mol. The molecule has 0 radical (unpaired) electrons. The number of rotatable bonds is 6. The number of hydrogen-bond acceptors (Lipinski definition) is 3. The molecule has 0 aliphatic heterocycles. The lowest BCUT2D eigenvalue weighted by molar-refractivity contribution is -0.123. The zero-order chi connectivity index (χ0) is 20.0. The fourth-order valence-corrected chi connectivity index (χ4v) is 2.76. The predicted molar refractivity (Wildman–Crippen MR) is 112 cm³/mol. The summed E-state index contributed by atoms with van der Waals surface area (Å²) in [7, 11) is 0. The van der Waals surface area contributed by atoms with E-state index in [9.17, 15) is 9.59 Å². The minimum absolute atomic E-state index is 0.0883. The Morgan fingerprint density at radius 1 is 1.04 bits per heavy atom. The lowest BCUT2D eigenvalue weighted by Crippen LogP contribution is -2.27. The van der Waals surface area contributed by atoms with Crippen molar-refractivity contribution in [3.63, 3.8) is 0 Å². The largest absolute Gasteiger partial charge is 0.483 e. The van der Waals surface area contributed by atoms with Crippen molar-refractivity contribution in [2.24, 2.45) is 5.41 Å². The van der Waals surface area contributed by atoms with Crippen LogP contribution in [-0.4, -0.2) is 18.4 Å². The van der Waals surface area contributed by atoms with E-state index in [2.05, 4.69) is 33.5 Å². The molecule has 0 atom stereocenters. The van der Waals surface area contributed by atoms with E-state index in [4.69, 9.17) is 4.74 Å². The van der Waals surface area contributed by atoms with Crippen LogP contribution < -0.4 is 15.4 Å². The van der Waals surface area contributed by atoms with E-state index in [0.29, 0.717) is 17.1 Å². The van der Waals surface area contributed by atoms with Crippen molar-refractivity contribution in [3.8, 4) is 5.75 Å². The number of anilines is 2. The third kappa shape index (κ3) is 6.40. The third-order valence-corrected chi connectivity index (χ3v) is 4.47. The topological polar surface area (TPSA) is 67.4 Å². The zero-order valence-corrected chi connectivity index (χ0v) is 17.6. The molecule has 0 fully saturated rings. The van der Waals surface area contributed by atoms with Gasteiger partial charge in [0, 0.05) is 16.8 Å². The maximum Gasteiger partial charge on any atom is 0.262 e. The Labute approximate surface area is 168 Å². The summed E-state index contributed by atoms with van der Waals surface area (Å²) in [6.45, 7) is 7.50. The highest BCUT2D eigenvalue weighted by atomic mass is 79.9. The summed E-state index contributed by atoms with van der Waals surface area (Å²) in [4.78, 5) is 24.3. The number of nitrogens with one attached hydrogen (secondary N) is 2. The van der Waals surface area contributed by atoms with Crippen LogP contribution in [0.15, 0.2) is 46.9 Å². The Balaban J connectivity index is 1.94. The van der Waals surface area contributed by atoms with Gasteiger partial charge in [0.25, 0.3) is 5.91 Å². The molecule has 0 unspecified atom stereocenters. The summed E-state index contributed by atoms with van der Waals surface area (Å²) in [5.74, 6) is 0.254. The summed E-state index contributed by atoms with van der Waals surface area (Å²) >= 11 is 3.46. The van der Waals surface area contributed by atoms with Crippen molar-refractivity contribution in [1.29, 1.82) is 0 Å². The van der Waals surface area contributed by atoms with Gasteiger partial charge in [-0.2, -0.15) is 0 Å². The molecule has 2 amide bonds. The van der Waals surface area contributed by atoms with Gasteiger partial charge in [-0.1, -0.05) is 39.8 Å². The van der Waals surface area contributed by atoms with Gasteiger partial charge >= 0.3 is 0 Å². The van der Waals surface area contributed by atoms with Crippen LogP contribution >= 0.6 is 15.9 Å². The van der Waals surface area contributed by atoms with E-state index >= 15 is 0 Å². The molecule has 0 aromatic heterocycles. The van der Waals surface area contributed by atoms with Gasteiger partial charge in [-0.3, -0.25) is 9.59 Å². The van der Waals surface area contributed by atoms with Crippen LogP contribution in [0.1, 0.15) is 33.3 Å². The monoisotopic (exact) mass is 432 g/mol. The van der Waals surface area contributed by atoms with Crippen molar-refractivity contribution in [2.45, 2.75) is 34.1 Å². The van der Waals surface area contributed by atoms with Crippen LogP contribution in [0.5, 0.6) is 5.75 Å². The van der Waals surface area contributed by atoms with Crippen LogP contribution in [0.4, 0.5) is 11.4 Å². The number of halogens is 1. The number of amides is 2. The number of benzene rings is 2. The van der Waals surface area contributed by atoms with E-state index < -0.39 is 5.41 Å². The first-order valence-electron chi connectivity index (χ1n) is 8.81. The van der Waals surface area contributed by atoms with Crippen LogP contribution in [0.3, 0.4) is 0 Å². The second-order valence-corrected chi connectivity index (χ2v) is 8.09. The zero-order valence-electron chi connectivity index (χ0n) is 16.1. The molecule has 2 aromatic rings. The number of ether oxygens (including phenoxy) is 1. The van der Waals surface area contributed by atoms with Crippen molar-refractivity contribution < 1.29 is 14.3 Å². The fourth-order valence-electron chi connectivity index (χ4n) is 2.21. The molecule has 5 nitrogen and oxygen atoms in total. The molecule has 0 bridgehead atoms. The van der Waals surface area contributed by atoms with E-state index in [1.165, 1.54) is 5.56 Å². The summed E-state index contributed by atoms with van der Waals surface area (Å²) in [6, 6.07) is 12.8. The Kier molecular flexibility index (Phi) is 7.02. The number of carbonyl (C=O) groups excluding carboxylic acids is 2. The van der Waals surface area contributed by atoms with Crippen LogP contribution in [0.25, 0.3) is 0 Å². The maximum absolute atomic E-state index is 12.2. The van der Waals surface area contributed by atoms with Gasteiger partial charge in [-0.05, 0) is 58.2 Å². The quantitative estimate of drug-likeness (QED) is 0.673. The highest BCUT2D eigenvalue weighted by Gasteiger charge is 2.21. The molecule has 0 spiro atoms. The molecule has 2 rings (SSSR count). The van der Waals surface area contributed by atoms with Gasteiger partial charge in [-0.25, -0.2) is 0 Å². The second-order valence-electron chi connectivity index (χ2n) is 7.24. The molecular formula is C21H25BrN2O3. The number of carbonyl (C=O) groups is 2. The van der Waals surface area contributed by atoms with Gasteiger partial charge in [0.15, 0.2) is 6.61 Å². The standard InChI is InChI=1S/C21H25BrN2O3/c1-5-14-9-10-18(17(22)11-14)27-13-19(25)23-15-7-6-8-16(12-15)24-20(26)21(2,3)4/h6-12H,5,13H2,1-4H3,(H,23,25)(H,24,26). The van der Waals surface area contributed by atoms with Crippen molar-refractivity contribution in [3.05, 3.63) is 52.5 Å². The van der Waals surface area contributed by atoms with E-state index in [1.54, 1.807) is 24.3 Å². The molecule has 0 aliphatic rings. The first-order valence-corrected chi connectivity index (χ1v) is 9.61. The molecule has 0 aliphatic carbocycles. The Hall–Kier alpha value is -2.34. The van der Waals surface area contributed by atoms with E-state index in [-0.39, 0.29) is 18.4 Å². The summed E-state index contributed by atoms with van der Waals surface area (Å²) in [6.07, 6.45) is 0.932. The number of hydrogen-bond donors (Lipinski definition) is 2. The maximum atomic E-state index is 12.2. The highest BCUT2D eigenvalue weighted by Crippen LogP contribution is 2.26. The summed E-state index contributed by atoms with van der Waals surface area (Å²) in [5, 5.41) is 5.62. The normalized spacial score (nSPS) is 11.0. The molecule has 6 heteroatoms. The van der Waals surface area contributed by atoms with Crippen molar-refractivity contribution in [1.82, 2.24) is 0 Å². The predicted octanol–water partition coefficient (Wildman–Crippen LogP) is 5.01. The summed E-state index contributed by atoms with van der Waals surface area (Å²) < 4.78 is 6.40. The lowest BCUT2D eigenvalue weighted by Gasteiger charge is -2.18. The minimum atomic E-state index is -0.492. The van der Waals surface area contributed by atoms with Gasteiger partial charge < -0.3 is 15.4 Å². The fraction of sp³-hybridized carbons (Fsp3) is 0.333. The Morgan fingerprint density at radius 2 is 1.70 bits per heavy atom. The van der Waals surface area contributed by atoms with Crippen LogP contribution in [0.2, 0.25) is 0 Å². The van der Waals surface area contributed by atoms with E-state index in [1.807, 2.05) is 39.0 Å². The van der Waals surface area contributed by atoms with Gasteiger partial charge in [0.05, 0.1) is 4.47 Å². The van der Waals surface area contributed by atoms with Crippen molar-refractivity contribution in [2.75, 3.05) is 17.2 Å². The second kappa shape index (κ2) is 9.04. The molecule has 0 saturated heterocycles. The first kappa shape index (κ1) is 21.0. The average Bonchev–Trinajstić information content (AvgIpc) is 2.60. The van der Waals surface area contributed by atoms with Gasteiger partial charge in [0.2, 0.25) is 5.91 Å². The molecular weight excluding hydrogens is 408 g/mol. The van der Waals surface area contributed by atoms with Crippen LogP contribution in [0, 0.1) is 5.41 Å². The van der Waals surface area contributed by atoms with Crippen LogP contribution in [-0.2, 0) is 16.0 Å². The van der Waals surface area contributed by atoms with Crippen molar-refractivity contribution >= 4 is 39.1 Å². The Bertz CT molecular complexity index is 828. The third-order valence-electron chi connectivity index (χ3n) is 3.85. The first-order chi connectivity index (χ1) is 12.7. The lowest BCUT2D eigenvalue weighted by atomic mass is 9.95. The number of aryl methyl sites for hydroxylation is 1. The minimum Gasteiger partial charge on any atom is -0.483 e. The highest BCUT2D eigenvalue weighted by molar-refractivity contribution is 9.10. The molecule has 0 heterocycles. The smallest absolute Gasteiger partial charge is 0.262 e. The molecule has 144 valence electrons. The molecule has 2 N–H and O–H groups in total. The van der Waals surface area contributed by atoms with Gasteiger partial charge in [0.1, 0.15) is 5.75 Å². The Morgan fingerprint density at radius 3 is 2.30 bits per heavy atom. The molecule has 27 heavy (non-hydrogen) atoms. The summed E-state index contributed by atoms with van der Waals surface area (Å²) in [5.41, 5.74) is 1.92. The SMILES string of the molecule is CCc1ccc(OCC(=O)Nc2cccc(NC(=O)C(C)(C)C)c2)c(Br)c1.